The number of halogens is 1. The quantitative estimate of drug-likeness (QED) is 0.528. The highest BCUT2D eigenvalue weighted by atomic mass is 35.5. The number of rotatable bonds is 2. The molecule has 0 bridgehead atoms. The summed E-state index contributed by atoms with van der Waals surface area (Å²) in [6.07, 6.45) is 4.43. The Labute approximate surface area is 159 Å². The molecule has 3 rings (SSSR count). The van der Waals surface area contributed by atoms with E-state index in [-0.39, 0.29) is 21.9 Å². The fourth-order valence-electron chi connectivity index (χ4n) is 2.64. The fourth-order valence-corrected chi connectivity index (χ4v) is 2.82. The van der Waals surface area contributed by atoms with Gasteiger partial charge in [0.15, 0.2) is 0 Å². The number of aromatic nitrogens is 4. The van der Waals surface area contributed by atoms with Crippen LogP contribution in [0.15, 0.2) is 34.1 Å². The van der Waals surface area contributed by atoms with Gasteiger partial charge in [-0.2, -0.15) is 0 Å². The molecule has 27 heavy (non-hydrogen) atoms. The van der Waals surface area contributed by atoms with E-state index in [2.05, 4.69) is 19.9 Å². The van der Waals surface area contributed by atoms with Crippen LogP contribution >= 0.6 is 11.6 Å². The van der Waals surface area contributed by atoms with Crippen molar-refractivity contribution in [1.29, 1.82) is 0 Å². The molecule has 0 saturated carbocycles. The minimum Gasteiger partial charge on any atom is -0.507 e. The number of imidazole rings is 1. The van der Waals surface area contributed by atoms with Gasteiger partial charge in [0, 0.05) is 21.7 Å². The van der Waals surface area contributed by atoms with Crippen LogP contribution in [-0.2, 0) is 5.41 Å². The zero-order valence-corrected chi connectivity index (χ0v) is 15.8. The molecule has 4 N–H and O–H groups in total. The maximum Gasteiger partial charge on any atom is 0.272 e. The zero-order valence-electron chi connectivity index (χ0n) is 15.1. The largest absolute Gasteiger partial charge is 0.507 e. The molecule has 2 aromatic heterocycles. The molecule has 0 aliphatic rings. The first kappa shape index (κ1) is 18.7. The highest BCUT2D eigenvalue weighted by Crippen LogP contribution is 2.23. The minimum atomic E-state index is -0.506. The Bertz CT molecular complexity index is 1230. The van der Waals surface area contributed by atoms with Gasteiger partial charge >= 0.3 is 0 Å². The maximum absolute atomic E-state index is 12.4. The number of benzene rings is 1. The van der Waals surface area contributed by atoms with Gasteiger partial charge in [-0.05, 0) is 30.4 Å². The molecule has 140 valence electrons. The lowest BCUT2D eigenvalue weighted by atomic mass is 9.90. The van der Waals surface area contributed by atoms with Crippen LogP contribution < -0.4 is 21.8 Å². The first-order chi connectivity index (χ1) is 12.6. The van der Waals surface area contributed by atoms with E-state index in [9.17, 15) is 14.7 Å². The van der Waals surface area contributed by atoms with E-state index in [0.29, 0.717) is 16.3 Å². The molecule has 0 aliphatic heterocycles. The van der Waals surface area contributed by atoms with E-state index in [1.54, 1.807) is 6.33 Å². The molecule has 0 aliphatic carbocycles. The number of aromatic hydroxyl groups is 1. The fraction of sp³-hybridized carbons (Fsp3) is 0.211. The van der Waals surface area contributed by atoms with Crippen LogP contribution in [0.5, 0.6) is 5.75 Å². The summed E-state index contributed by atoms with van der Waals surface area (Å²) in [6, 6.07) is 4.43. The van der Waals surface area contributed by atoms with E-state index >= 15 is 0 Å². The molecule has 0 amide bonds. The monoisotopic (exact) mass is 386 g/mol. The second-order valence-corrected chi connectivity index (χ2v) is 7.58. The van der Waals surface area contributed by atoms with Crippen molar-refractivity contribution < 1.29 is 5.11 Å². The van der Waals surface area contributed by atoms with Gasteiger partial charge in [0.1, 0.15) is 16.4 Å². The Kier molecular flexibility index (Phi) is 4.80. The summed E-state index contributed by atoms with van der Waals surface area (Å²) in [7, 11) is 0. The van der Waals surface area contributed by atoms with Crippen molar-refractivity contribution in [2.24, 2.45) is 0 Å². The average Bonchev–Trinajstić information content (AvgIpc) is 3.04. The van der Waals surface area contributed by atoms with Gasteiger partial charge in [-0.25, -0.2) is 4.98 Å². The van der Waals surface area contributed by atoms with Crippen molar-refractivity contribution in [3.05, 3.63) is 77.9 Å². The number of nitrogens with zero attached hydrogens (tertiary/aromatic N) is 1. The summed E-state index contributed by atoms with van der Waals surface area (Å²) >= 11 is 5.91. The van der Waals surface area contributed by atoms with E-state index in [1.165, 1.54) is 30.4 Å². The molecule has 8 heteroatoms. The Morgan fingerprint density at radius 1 is 1.07 bits per heavy atom. The molecular formula is C19H19ClN4O3. The van der Waals surface area contributed by atoms with Crippen LogP contribution in [0.3, 0.4) is 0 Å². The van der Waals surface area contributed by atoms with E-state index < -0.39 is 11.1 Å². The summed E-state index contributed by atoms with van der Waals surface area (Å²) in [4.78, 5) is 37.2. The van der Waals surface area contributed by atoms with E-state index in [1.807, 2.05) is 20.8 Å². The molecule has 0 atom stereocenters. The van der Waals surface area contributed by atoms with Crippen molar-refractivity contribution in [2.45, 2.75) is 26.2 Å². The highest BCUT2D eigenvalue weighted by molar-refractivity contribution is 6.30. The smallest absolute Gasteiger partial charge is 0.272 e. The number of H-pyrrole nitrogens is 3. The predicted molar refractivity (Wildman–Crippen MR) is 104 cm³/mol. The Morgan fingerprint density at radius 3 is 2.33 bits per heavy atom. The summed E-state index contributed by atoms with van der Waals surface area (Å²) < 4.78 is 0. The van der Waals surface area contributed by atoms with Gasteiger partial charge in [0.05, 0.1) is 12.0 Å². The molecule has 0 saturated heterocycles. The average molecular weight is 387 g/mol. The van der Waals surface area contributed by atoms with Gasteiger partial charge in [0.25, 0.3) is 11.1 Å². The SMILES string of the molecule is CC(C)(C)c1[nH]cnc1/C=c1/[nH]c(=O)/c(=C\c2cc(Cl)ccc2O)[nH]c1=O. The second-order valence-electron chi connectivity index (χ2n) is 7.14. The highest BCUT2D eigenvalue weighted by Gasteiger charge is 2.19. The van der Waals surface area contributed by atoms with Crippen LogP contribution in [0, 0.1) is 0 Å². The molecule has 3 aromatic rings. The number of phenolic OH excluding ortho intramolecular Hbond substituents is 1. The molecular weight excluding hydrogens is 368 g/mol. The number of phenols is 1. The van der Waals surface area contributed by atoms with Crippen molar-refractivity contribution in [1.82, 2.24) is 19.9 Å². The lowest BCUT2D eigenvalue weighted by Gasteiger charge is -2.16. The topological polar surface area (TPSA) is 115 Å². The van der Waals surface area contributed by atoms with E-state index in [4.69, 9.17) is 11.6 Å². The van der Waals surface area contributed by atoms with Gasteiger partial charge in [-0.3, -0.25) is 9.59 Å². The second kappa shape index (κ2) is 6.92. The normalized spacial score (nSPS) is 13.3. The summed E-state index contributed by atoms with van der Waals surface area (Å²) in [5.74, 6) is -0.0540. The molecule has 0 unspecified atom stereocenters. The van der Waals surface area contributed by atoms with Crippen LogP contribution in [0.25, 0.3) is 12.2 Å². The summed E-state index contributed by atoms with van der Waals surface area (Å²) in [5, 5.41) is 10.4. The Morgan fingerprint density at radius 2 is 1.70 bits per heavy atom. The van der Waals surface area contributed by atoms with Crippen molar-refractivity contribution in [3.8, 4) is 5.75 Å². The van der Waals surface area contributed by atoms with E-state index in [0.717, 1.165) is 5.69 Å². The van der Waals surface area contributed by atoms with Gasteiger partial charge < -0.3 is 20.1 Å². The third-order valence-corrected chi connectivity index (χ3v) is 4.21. The van der Waals surface area contributed by atoms with Gasteiger partial charge in [-0.1, -0.05) is 32.4 Å². The minimum absolute atomic E-state index is 0.00721. The van der Waals surface area contributed by atoms with Crippen molar-refractivity contribution in [3.63, 3.8) is 0 Å². The molecule has 7 nitrogen and oxygen atoms in total. The van der Waals surface area contributed by atoms with Crippen molar-refractivity contribution >= 4 is 23.8 Å². The molecule has 0 radical (unpaired) electrons. The van der Waals surface area contributed by atoms with Crippen LogP contribution in [0.1, 0.15) is 37.7 Å². The van der Waals surface area contributed by atoms with Gasteiger partial charge in [0.2, 0.25) is 0 Å². The van der Waals surface area contributed by atoms with Crippen LogP contribution in [0.2, 0.25) is 5.02 Å². The molecule has 2 heterocycles. The standard InChI is InChI=1S/C19H19ClN4O3/c1-19(2,3)16-12(21-9-22-16)8-14-18(27)23-13(17(26)24-14)7-10-6-11(20)4-5-15(10)25/h4-9,25H,1-3H3,(H,21,22)(H,23,27)(H,24,26)/b13-7+,14-8+. The first-order valence-electron chi connectivity index (χ1n) is 8.23. The van der Waals surface area contributed by atoms with Crippen LogP contribution in [-0.4, -0.2) is 25.0 Å². The van der Waals surface area contributed by atoms with Crippen LogP contribution in [0.4, 0.5) is 0 Å². The Balaban J connectivity index is 2.16. The lowest BCUT2D eigenvalue weighted by molar-refractivity contribution is 0.474. The predicted octanol–water partition coefficient (Wildman–Crippen LogP) is 1.10. The Hall–Kier alpha value is -3.06. The first-order valence-corrected chi connectivity index (χ1v) is 8.61. The van der Waals surface area contributed by atoms with Gasteiger partial charge in [-0.15, -0.1) is 0 Å². The summed E-state index contributed by atoms with van der Waals surface area (Å²) in [5.41, 5.74) is 0.559. The maximum atomic E-state index is 12.4. The number of hydrogen-bond donors (Lipinski definition) is 4. The number of nitrogens with one attached hydrogen (secondary N) is 3. The number of aromatic amines is 3. The summed E-state index contributed by atoms with van der Waals surface area (Å²) in [6.45, 7) is 6.04. The molecule has 1 aromatic carbocycles. The molecule has 0 spiro atoms. The third kappa shape index (κ3) is 4.03. The third-order valence-electron chi connectivity index (χ3n) is 3.97. The number of hydrogen-bond acceptors (Lipinski definition) is 4. The molecule has 0 fully saturated rings. The van der Waals surface area contributed by atoms with Crippen molar-refractivity contribution in [2.75, 3.05) is 0 Å². The zero-order chi connectivity index (χ0) is 19.8. The lowest BCUT2D eigenvalue weighted by Crippen LogP contribution is -2.46.